The lowest BCUT2D eigenvalue weighted by molar-refractivity contribution is 0.122. The van der Waals surface area contributed by atoms with Crippen LogP contribution in [0.15, 0.2) is 60.8 Å². The molecule has 0 aliphatic carbocycles. The Bertz CT molecular complexity index is 1300. The Hall–Kier alpha value is -3.71. The number of aromatic hydroxyl groups is 1. The van der Waals surface area contributed by atoms with Gasteiger partial charge in [0.1, 0.15) is 11.6 Å². The van der Waals surface area contributed by atoms with Crippen LogP contribution < -0.4 is 9.80 Å². The lowest BCUT2D eigenvalue weighted by Crippen LogP contribution is -2.37. The summed E-state index contributed by atoms with van der Waals surface area (Å²) < 4.78 is 5.53. The molecule has 4 heterocycles. The number of phenols is 1. The highest BCUT2D eigenvalue weighted by Crippen LogP contribution is 2.40. The highest BCUT2D eigenvalue weighted by atomic mass is 16.5. The largest absolute Gasteiger partial charge is 0.508 e. The van der Waals surface area contributed by atoms with E-state index in [1.165, 1.54) is 0 Å². The SMILES string of the molecule is Oc1cccc(-c2nc(N3CCOCC3)nc3c2CCN3c2ccc3ncccc3c2)c1. The predicted molar refractivity (Wildman–Crippen MR) is 125 cm³/mol. The summed E-state index contributed by atoms with van der Waals surface area (Å²) in [5, 5.41) is 11.2. The van der Waals surface area contributed by atoms with Crippen LogP contribution in [0.5, 0.6) is 5.75 Å². The Morgan fingerprint density at radius 2 is 1.81 bits per heavy atom. The molecule has 0 bridgehead atoms. The number of anilines is 3. The van der Waals surface area contributed by atoms with E-state index in [9.17, 15) is 5.11 Å². The molecular formula is C25H23N5O2. The van der Waals surface area contributed by atoms with E-state index in [1.807, 2.05) is 24.4 Å². The number of rotatable bonds is 3. The Balaban J connectivity index is 1.50. The van der Waals surface area contributed by atoms with Gasteiger partial charge in [0.15, 0.2) is 0 Å². The molecule has 4 aromatic rings. The van der Waals surface area contributed by atoms with Gasteiger partial charge in [-0.05, 0) is 42.8 Å². The Morgan fingerprint density at radius 3 is 2.69 bits per heavy atom. The number of aromatic nitrogens is 3. The van der Waals surface area contributed by atoms with Gasteiger partial charge >= 0.3 is 0 Å². The molecule has 1 fully saturated rings. The molecule has 2 aromatic carbocycles. The zero-order valence-corrected chi connectivity index (χ0v) is 17.6. The molecule has 1 N–H and O–H groups in total. The maximum Gasteiger partial charge on any atom is 0.228 e. The summed E-state index contributed by atoms with van der Waals surface area (Å²) >= 11 is 0. The van der Waals surface area contributed by atoms with Crippen molar-refractivity contribution in [1.29, 1.82) is 0 Å². The fourth-order valence-electron chi connectivity index (χ4n) is 4.52. The molecule has 0 radical (unpaired) electrons. The normalized spacial score (nSPS) is 15.9. The molecule has 0 atom stereocenters. The lowest BCUT2D eigenvalue weighted by Gasteiger charge is -2.28. The molecule has 7 nitrogen and oxygen atoms in total. The zero-order chi connectivity index (χ0) is 21.5. The number of morpholine rings is 1. The second kappa shape index (κ2) is 7.76. The standard InChI is InChI=1S/C25H23N5O2/c31-20-5-1-3-18(16-20)23-21-8-10-30(19-6-7-22-17(15-19)4-2-9-26-22)24(21)28-25(27-23)29-11-13-32-14-12-29/h1-7,9,15-16,31H,8,10-14H2. The van der Waals surface area contributed by atoms with Crippen LogP contribution in [0.3, 0.4) is 0 Å². The second-order valence-corrected chi connectivity index (χ2v) is 8.11. The summed E-state index contributed by atoms with van der Waals surface area (Å²) in [5.74, 6) is 1.88. The number of nitrogens with zero attached hydrogens (tertiary/aromatic N) is 5. The Kier molecular flexibility index (Phi) is 4.61. The van der Waals surface area contributed by atoms with Crippen LogP contribution in [0.4, 0.5) is 17.5 Å². The quantitative estimate of drug-likeness (QED) is 0.533. The molecule has 32 heavy (non-hydrogen) atoms. The van der Waals surface area contributed by atoms with Gasteiger partial charge in [-0.2, -0.15) is 4.98 Å². The number of hydrogen-bond donors (Lipinski definition) is 1. The van der Waals surface area contributed by atoms with Gasteiger partial charge in [-0.3, -0.25) is 4.98 Å². The zero-order valence-electron chi connectivity index (χ0n) is 17.6. The van der Waals surface area contributed by atoms with Gasteiger partial charge in [0, 0.05) is 48.0 Å². The monoisotopic (exact) mass is 425 g/mol. The van der Waals surface area contributed by atoms with E-state index in [-0.39, 0.29) is 5.75 Å². The topological polar surface area (TPSA) is 74.6 Å². The van der Waals surface area contributed by atoms with E-state index in [0.717, 1.165) is 65.3 Å². The van der Waals surface area contributed by atoms with E-state index in [0.29, 0.717) is 19.2 Å². The third kappa shape index (κ3) is 3.31. The van der Waals surface area contributed by atoms with Crippen molar-refractivity contribution in [2.75, 3.05) is 42.6 Å². The van der Waals surface area contributed by atoms with Crippen molar-refractivity contribution in [3.8, 4) is 17.0 Å². The van der Waals surface area contributed by atoms with E-state index in [1.54, 1.807) is 12.1 Å². The molecule has 2 aromatic heterocycles. The highest BCUT2D eigenvalue weighted by molar-refractivity contribution is 5.85. The van der Waals surface area contributed by atoms with Crippen molar-refractivity contribution >= 4 is 28.4 Å². The van der Waals surface area contributed by atoms with E-state index in [2.05, 4.69) is 39.0 Å². The number of phenolic OH excluding ortho intramolecular Hbond substituents is 1. The molecule has 2 aliphatic heterocycles. The minimum atomic E-state index is 0.236. The van der Waals surface area contributed by atoms with Gasteiger partial charge in [0.25, 0.3) is 0 Å². The Labute approximate surface area is 185 Å². The van der Waals surface area contributed by atoms with Gasteiger partial charge in [-0.25, -0.2) is 4.98 Å². The van der Waals surface area contributed by atoms with Crippen molar-refractivity contribution in [3.63, 3.8) is 0 Å². The summed E-state index contributed by atoms with van der Waals surface area (Å²) in [6.45, 7) is 3.70. The van der Waals surface area contributed by atoms with Crippen molar-refractivity contribution in [1.82, 2.24) is 15.0 Å². The highest BCUT2D eigenvalue weighted by Gasteiger charge is 2.29. The summed E-state index contributed by atoms with van der Waals surface area (Å²) in [6.07, 6.45) is 2.66. The molecular weight excluding hydrogens is 402 g/mol. The molecule has 0 amide bonds. The average molecular weight is 425 g/mol. The Morgan fingerprint density at radius 1 is 0.906 bits per heavy atom. The van der Waals surface area contributed by atoms with Crippen molar-refractivity contribution < 1.29 is 9.84 Å². The van der Waals surface area contributed by atoms with E-state index in [4.69, 9.17) is 14.7 Å². The summed E-state index contributed by atoms with van der Waals surface area (Å²) in [7, 11) is 0. The first kappa shape index (κ1) is 19.0. The van der Waals surface area contributed by atoms with Crippen molar-refractivity contribution in [3.05, 3.63) is 66.4 Å². The fraction of sp³-hybridized carbons (Fsp3) is 0.240. The predicted octanol–water partition coefficient (Wildman–Crippen LogP) is 3.93. The molecule has 160 valence electrons. The first-order chi connectivity index (χ1) is 15.8. The molecule has 1 saturated heterocycles. The van der Waals surface area contributed by atoms with Crippen molar-refractivity contribution in [2.45, 2.75) is 6.42 Å². The number of benzene rings is 2. The third-order valence-electron chi connectivity index (χ3n) is 6.13. The van der Waals surface area contributed by atoms with Gasteiger partial charge in [-0.1, -0.05) is 18.2 Å². The van der Waals surface area contributed by atoms with Gasteiger partial charge < -0.3 is 19.6 Å². The molecule has 0 saturated carbocycles. The average Bonchev–Trinajstić information content (AvgIpc) is 3.28. The summed E-state index contributed by atoms with van der Waals surface area (Å²) in [5.41, 5.74) is 4.98. The van der Waals surface area contributed by atoms with Crippen LogP contribution in [0.25, 0.3) is 22.2 Å². The van der Waals surface area contributed by atoms with Crippen LogP contribution in [0.1, 0.15) is 5.56 Å². The molecule has 0 spiro atoms. The molecule has 2 aliphatic rings. The second-order valence-electron chi connectivity index (χ2n) is 8.11. The third-order valence-corrected chi connectivity index (χ3v) is 6.13. The maximum atomic E-state index is 10.1. The fourth-order valence-corrected chi connectivity index (χ4v) is 4.52. The maximum absolute atomic E-state index is 10.1. The van der Waals surface area contributed by atoms with Crippen LogP contribution in [-0.4, -0.2) is 52.9 Å². The van der Waals surface area contributed by atoms with Crippen LogP contribution in [0, 0.1) is 0 Å². The van der Waals surface area contributed by atoms with Gasteiger partial charge in [-0.15, -0.1) is 0 Å². The molecule has 7 heteroatoms. The smallest absolute Gasteiger partial charge is 0.228 e. The first-order valence-corrected chi connectivity index (χ1v) is 10.9. The van der Waals surface area contributed by atoms with Gasteiger partial charge in [0.2, 0.25) is 5.95 Å². The summed E-state index contributed by atoms with van der Waals surface area (Å²) in [4.78, 5) is 18.9. The van der Waals surface area contributed by atoms with E-state index < -0.39 is 0 Å². The van der Waals surface area contributed by atoms with E-state index >= 15 is 0 Å². The van der Waals surface area contributed by atoms with Crippen LogP contribution in [0.2, 0.25) is 0 Å². The van der Waals surface area contributed by atoms with Crippen LogP contribution >= 0.6 is 0 Å². The molecule has 0 unspecified atom stereocenters. The number of hydrogen-bond acceptors (Lipinski definition) is 7. The molecule has 6 rings (SSSR count). The minimum Gasteiger partial charge on any atom is -0.508 e. The van der Waals surface area contributed by atoms with Crippen molar-refractivity contribution in [2.24, 2.45) is 0 Å². The van der Waals surface area contributed by atoms with Crippen LogP contribution in [-0.2, 0) is 11.2 Å². The lowest BCUT2D eigenvalue weighted by atomic mass is 10.1. The first-order valence-electron chi connectivity index (χ1n) is 10.9. The number of ether oxygens (including phenoxy) is 1. The minimum absolute atomic E-state index is 0.236. The van der Waals surface area contributed by atoms with Gasteiger partial charge in [0.05, 0.1) is 24.4 Å². The summed E-state index contributed by atoms with van der Waals surface area (Å²) in [6, 6.07) is 17.7. The number of fused-ring (bicyclic) bond motifs is 2. The number of pyridine rings is 1.